The van der Waals surface area contributed by atoms with Gasteiger partial charge in [0.1, 0.15) is 5.82 Å². The molecule has 0 heterocycles. The fourth-order valence-corrected chi connectivity index (χ4v) is 2.70. The summed E-state index contributed by atoms with van der Waals surface area (Å²) >= 11 is 0. The van der Waals surface area contributed by atoms with Crippen LogP contribution in [0.3, 0.4) is 0 Å². The Morgan fingerprint density at radius 1 is 1.19 bits per heavy atom. The van der Waals surface area contributed by atoms with Gasteiger partial charge in [-0.2, -0.15) is 13.2 Å². The van der Waals surface area contributed by atoms with Crippen LogP contribution in [0.2, 0.25) is 0 Å². The normalized spacial score (nSPS) is 14.0. The summed E-state index contributed by atoms with van der Waals surface area (Å²) in [6, 6.07) is 2.32. The lowest BCUT2D eigenvalue weighted by molar-refractivity contribution is -0.139. The number of benzene rings is 1. The number of hydrogen-bond acceptors (Lipinski definition) is 2. The summed E-state index contributed by atoms with van der Waals surface area (Å²) in [5.74, 6) is -0.896. The molecular formula is C15H22F4N2. The maximum atomic E-state index is 13.2. The zero-order valence-corrected chi connectivity index (χ0v) is 12.5. The van der Waals surface area contributed by atoms with Crippen molar-refractivity contribution in [1.29, 1.82) is 0 Å². The Labute approximate surface area is 122 Å². The molecule has 0 fully saturated rings. The van der Waals surface area contributed by atoms with Crippen LogP contribution < -0.4 is 5.73 Å². The molecular weight excluding hydrogens is 284 g/mol. The molecule has 1 aromatic rings. The number of nitrogens with zero attached hydrogens (tertiary/aromatic N) is 1. The van der Waals surface area contributed by atoms with Crippen LogP contribution in [0.15, 0.2) is 18.2 Å². The lowest BCUT2D eigenvalue weighted by atomic mass is 9.96. The van der Waals surface area contributed by atoms with Gasteiger partial charge in [0.05, 0.1) is 5.56 Å². The Kier molecular flexibility index (Phi) is 6.16. The highest BCUT2D eigenvalue weighted by Gasteiger charge is 2.36. The second kappa shape index (κ2) is 7.22. The van der Waals surface area contributed by atoms with Gasteiger partial charge >= 0.3 is 6.18 Å². The van der Waals surface area contributed by atoms with Crippen molar-refractivity contribution in [2.75, 3.05) is 13.6 Å². The van der Waals surface area contributed by atoms with E-state index in [0.29, 0.717) is 6.07 Å². The SMILES string of the molecule is CCC(CC)N(C)C(CN)c1ccc(F)cc1C(F)(F)F. The van der Waals surface area contributed by atoms with Crippen LogP contribution in [-0.2, 0) is 6.18 Å². The molecule has 6 heteroatoms. The van der Waals surface area contributed by atoms with Crippen molar-refractivity contribution in [3.05, 3.63) is 35.1 Å². The average molecular weight is 306 g/mol. The van der Waals surface area contributed by atoms with Gasteiger partial charge in [-0.1, -0.05) is 19.9 Å². The first-order chi connectivity index (χ1) is 9.76. The number of halogens is 4. The van der Waals surface area contributed by atoms with Gasteiger partial charge in [-0.05, 0) is 37.6 Å². The molecule has 0 radical (unpaired) electrons. The van der Waals surface area contributed by atoms with E-state index in [1.54, 1.807) is 7.05 Å². The van der Waals surface area contributed by atoms with Crippen molar-refractivity contribution < 1.29 is 17.6 Å². The van der Waals surface area contributed by atoms with E-state index in [-0.39, 0.29) is 18.2 Å². The standard InChI is InChI=1S/C15H22F4N2/c1-4-11(5-2)21(3)14(9-20)12-7-6-10(16)8-13(12)15(17,18)19/h6-8,11,14H,4-5,9,20H2,1-3H3. The molecule has 120 valence electrons. The van der Waals surface area contributed by atoms with Crippen LogP contribution in [0.1, 0.15) is 43.9 Å². The highest BCUT2D eigenvalue weighted by Crippen LogP contribution is 2.37. The highest BCUT2D eigenvalue weighted by molar-refractivity contribution is 5.33. The van der Waals surface area contributed by atoms with Gasteiger partial charge in [0.25, 0.3) is 0 Å². The van der Waals surface area contributed by atoms with Crippen molar-refractivity contribution in [1.82, 2.24) is 4.90 Å². The van der Waals surface area contributed by atoms with E-state index in [0.717, 1.165) is 18.9 Å². The minimum absolute atomic E-state index is 0.0285. The van der Waals surface area contributed by atoms with Crippen LogP contribution in [-0.4, -0.2) is 24.5 Å². The first-order valence-electron chi connectivity index (χ1n) is 7.04. The molecule has 1 unspecified atom stereocenters. The molecule has 0 aromatic heterocycles. The quantitative estimate of drug-likeness (QED) is 0.806. The maximum Gasteiger partial charge on any atom is 0.416 e. The minimum Gasteiger partial charge on any atom is -0.329 e. The van der Waals surface area contributed by atoms with Crippen LogP contribution in [0.5, 0.6) is 0 Å². The number of likely N-dealkylation sites (N-methyl/N-ethyl adjacent to an activating group) is 1. The summed E-state index contributed by atoms with van der Waals surface area (Å²) in [6.45, 7) is 4.00. The third-order valence-corrected chi connectivity index (χ3v) is 3.91. The number of alkyl halides is 3. The second-order valence-corrected chi connectivity index (χ2v) is 5.12. The van der Waals surface area contributed by atoms with Gasteiger partial charge in [-0.25, -0.2) is 4.39 Å². The average Bonchev–Trinajstić information content (AvgIpc) is 2.41. The van der Waals surface area contributed by atoms with E-state index in [9.17, 15) is 17.6 Å². The minimum atomic E-state index is -4.60. The van der Waals surface area contributed by atoms with Crippen LogP contribution in [0.25, 0.3) is 0 Å². The lowest BCUT2D eigenvalue weighted by Crippen LogP contribution is -2.39. The van der Waals surface area contributed by atoms with E-state index in [1.807, 2.05) is 18.7 Å². The molecule has 0 saturated heterocycles. The number of rotatable bonds is 6. The molecule has 0 aliphatic heterocycles. The third-order valence-electron chi connectivity index (χ3n) is 3.91. The molecule has 21 heavy (non-hydrogen) atoms. The molecule has 2 N–H and O–H groups in total. The highest BCUT2D eigenvalue weighted by atomic mass is 19.4. The van der Waals surface area contributed by atoms with E-state index < -0.39 is 23.6 Å². The molecule has 2 nitrogen and oxygen atoms in total. The summed E-state index contributed by atoms with van der Waals surface area (Å²) in [6.07, 6.45) is -2.97. The molecule has 1 aromatic carbocycles. The first kappa shape index (κ1) is 17.9. The van der Waals surface area contributed by atoms with Crippen molar-refractivity contribution in [3.63, 3.8) is 0 Å². The van der Waals surface area contributed by atoms with Crippen LogP contribution in [0, 0.1) is 5.82 Å². The predicted molar refractivity (Wildman–Crippen MR) is 75.3 cm³/mol. The summed E-state index contributed by atoms with van der Waals surface area (Å²) in [5.41, 5.74) is 4.78. The van der Waals surface area contributed by atoms with Gasteiger partial charge in [-0.3, -0.25) is 4.90 Å². The summed E-state index contributed by atoms with van der Waals surface area (Å²) < 4.78 is 52.6. The van der Waals surface area contributed by atoms with Crippen molar-refractivity contribution >= 4 is 0 Å². The smallest absolute Gasteiger partial charge is 0.329 e. The van der Waals surface area contributed by atoms with Crippen molar-refractivity contribution in [2.24, 2.45) is 5.73 Å². The largest absolute Gasteiger partial charge is 0.416 e. The Balaban J connectivity index is 3.28. The fourth-order valence-electron chi connectivity index (χ4n) is 2.70. The summed E-state index contributed by atoms with van der Waals surface area (Å²) in [5, 5.41) is 0. The van der Waals surface area contributed by atoms with E-state index in [1.165, 1.54) is 6.07 Å². The molecule has 0 spiro atoms. The molecule has 1 atom stereocenters. The lowest BCUT2D eigenvalue weighted by Gasteiger charge is -2.35. The molecule has 0 aliphatic carbocycles. The predicted octanol–water partition coefficient (Wildman–Crippen LogP) is 3.96. The van der Waals surface area contributed by atoms with Gasteiger partial charge in [0.2, 0.25) is 0 Å². The molecule has 0 aliphatic rings. The topological polar surface area (TPSA) is 29.3 Å². The van der Waals surface area contributed by atoms with E-state index in [4.69, 9.17) is 5.73 Å². The molecule has 0 bridgehead atoms. The number of hydrogen-bond donors (Lipinski definition) is 1. The Morgan fingerprint density at radius 3 is 2.19 bits per heavy atom. The number of nitrogens with two attached hydrogens (primary N) is 1. The molecule has 0 saturated carbocycles. The van der Waals surface area contributed by atoms with Gasteiger partial charge in [0.15, 0.2) is 0 Å². The van der Waals surface area contributed by atoms with Gasteiger partial charge in [-0.15, -0.1) is 0 Å². The van der Waals surface area contributed by atoms with Crippen molar-refractivity contribution in [2.45, 2.75) is 44.9 Å². The first-order valence-corrected chi connectivity index (χ1v) is 7.04. The summed E-state index contributed by atoms with van der Waals surface area (Å²) in [4.78, 5) is 1.85. The van der Waals surface area contributed by atoms with Crippen LogP contribution in [0.4, 0.5) is 17.6 Å². The molecule has 1 rings (SSSR count). The van der Waals surface area contributed by atoms with Gasteiger partial charge < -0.3 is 5.73 Å². The Morgan fingerprint density at radius 2 is 1.76 bits per heavy atom. The zero-order chi connectivity index (χ0) is 16.2. The fraction of sp³-hybridized carbons (Fsp3) is 0.600. The van der Waals surface area contributed by atoms with E-state index >= 15 is 0 Å². The Bertz CT molecular complexity index is 455. The van der Waals surface area contributed by atoms with E-state index in [2.05, 4.69) is 0 Å². The maximum absolute atomic E-state index is 13.2. The Hall–Kier alpha value is -1.14. The zero-order valence-electron chi connectivity index (χ0n) is 12.5. The van der Waals surface area contributed by atoms with Crippen LogP contribution >= 0.6 is 0 Å². The second-order valence-electron chi connectivity index (χ2n) is 5.12. The summed E-state index contributed by atoms with van der Waals surface area (Å²) in [7, 11) is 1.76. The van der Waals surface area contributed by atoms with Crippen molar-refractivity contribution in [3.8, 4) is 0 Å². The monoisotopic (exact) mass is 306 g/mol. The molecule has 0 amide bonds. The third kappa shape index (κ3) is 4.17. The van der Waals surface area contributed by atoms with Gasteiger partial charge in [0, 0.05) is 18.6 Å².